The van der Waals surface area contributed by atoms with Gasteiger partial charge in [0.1, 0.15) is 12.8 Å². The fraction of sp³-hybridized carbons (Fsp3) is 0.630. The Kier molecular flexibility index (Phi) is 8.21. The first-order chi connectivity index (χ1) is 17.0. The molecule has 0 radical (unpaired) electrons. The first-order valence-corrected chi connectivity index (χ1v) is 13.1. The molecule has 2 aliphatic heterocycles. The minimum Gasteiger partial charge on any atom is -0.307 e. The van der Waals surface area contributed by atoms with Crippen molar-refractivity contribution in [1.82, 2.24) is 19.4 Å². The molecule has 8 nitrogen and oxygen atoms in total. The monoisotopic (exact) mass is 482 g/mol. The number of hydrogen-bond donors (Lipinski definition) is 1. The number of amides is 2. The van der Waals surface area contributed by atoms with Gasteiger partial charge in [0.05, 0.1) is 11.0 Å². The standard InChI is InChI=1S/C26H36N4O3.CH2O/c1-28-23-17-19(8-7-18-13-15-29(16-14-18)20-5-3-2-4-6-20)9-10-21(23)30(26(28)33)22-11-12-24(31)27-25(22)32;1-2/h9-10,17-18,20,22H,2-8,11-16H2,1H3,(H,27,31,32);1H2. The van der Waals surface area contributed by atoms with Crippen LogP contribution in [-0.2, 0) is 27.9 Å². The Morgan fingerprint density at radius 2 is 1.66 bits per heavy atom. The summed E-state index contributed by atoms with van der Waals surface area (Å²) in [6, 6.07) is 6.38. The van der Waals surface area contributed by atoms with Crippen LogP contribution in [0.3, 0.4) is 0 Å². The molecule has 35 heavy (non-hydrogen) atoms. The predicted molar refractivity (Wildman–Crippen MR) is 135 cm³/mol. The zero-order valence-corrected chi connectivity index (χ0v) is 20.8. The van der Waals surface area contributed by atoms with E-state index in [0.29, 0.717) is 6.42 Å². The Hall–Kier alpha value is -2.74. The third kappa shape index (κ3) is 5.42. The quantitative estimate of drug-likeness (QED) is 0.661. The number of nitrogens with one attached hydrogen (secondary N) is 1. The summed E-state index contributed by atoms with van der Waals surface area (Å²) >= 11 is 0. The Balaban J connectivity index is 0.00000141. The van der Waals surface area contributed by atoms with Gasteiger partial charge in [-0.05, 0) is 81.6 Å². The largest absolute Gasteiger partial charge is 0.329 e. The number of nitrogens with zero attached hydrogens (tertiary/aromatic N) is 3. The highest BCUT2D eigenvalue weighted by atomic mass is 16.2. The van der Waals surface area contributed by atoms with Gasteiger partial charge in [0.2, 0.25) is 11.8 Å². The van der Waals surface area contributed by atoms with E-state index in [1.165, 1.54) is 70.0 Å². The normalized spacial score (nSPS) is 22.6. The van der Waals surface area contributed by atoms with Crippen molar-refractivity contribution in [3.05, 3.63) is 34.2 Å². The van der Waals surface area contributed by atoms with Gasteiger partial charge in [-0.15, -0.1) is 0 Å². The number of rotatable bonds is 5. The molecule has 1 aromatic carbocycles. The highest BCUT2D eigenvalue weighted by molar-refractivity contribution is 6.00. The number of aromatic nitrogens is 2. The van der Waals surface area contributed by atoms with Gasteiger partial charge < -0.3 is 9.69 Å². The van der Waals surface area contributed by atoms with Crippen molar-refractivity contribution in [3.63, 3.8) is 0 Å². The molecule has 1 aliphatic carbocycles. The van der Waals surface area contributed by atoms with E-state index < -0.39 is 6.04 Å². The molecule has 2 aromatic rings. The molecule has 5 rings (SSSR count). The van der Waals surface area contributed by atoms with E-state index in [4.69, 9.17) is 4.79 Å². The molecule has 0 bridgehead atoms. The molecule has 3 aliphatic rings. The molecule has 2 amide bonds. The zero-order chi connectivity index (χ0) is 24.9. The van der Waals surface area contributed by atoms with Crippen LogP contribution in [0.1, 0.15) is 75.8 Å². The maximum atomic E-state index is 12.9. The number of imidazole rings is 1. The summed E-state index contributed by atoms with van der Waals surface area (Å²) in [6.45, 7) is 4.50. The molecule has 1 atom stereocenters. The fourth-order valence-corrected chi connectivity index (χ4v) is 6.22. The van der Waals surface area contributed by atoms with Gasteiger partial charge in [-0.2, -0.15) is 0 Å². The molecule has 1 N–H and O–H groups in total. The first kappa shape index (κ1) is 25.4. The molecular weight excluding hydrogens is 444 g/mol. The Bertz CT molecular complexity index is 1110. The van der Waals surface area contributed by atoms with Crippen LogP contribution in [0.15, 0.2) is 23.0 Å². The van der Waals surface area contributed by atoms with E-state index in [0.717, 1.165) is 29.4 Å². The molecule has 0 spiro atoms. The van der Waals surface area contributed by atoms with Gasteiger partial charge in [-0.1, -0.05) is 25.3 Å². The summed E-state index contributed by atoms with van der Waals surface area (Å²) in [5.74, 6) is 0.123. The number of carbonyl (C=O) groups excluding carboxylic acids is 3. The summed E-state index contributed by atoms with van der Waals surface area (Å²) in [7, 11) is 1.76. The predicted octanol–water partition coefficient (Wildman–Crippen LogP) is 3.11. The number of aryl methyl sites for hydroxylation is 2. The zero-order valence-electron chi connectivity index (χ0n) is 20.8. The smallest absolute Gasteiger partial charge is 0.307 e. The lowest BCUT2D eigenvalue weighted by molar-refractivity contribution is -0.135. The number of fused-ring (bicyclic) bond motifs is 1. The van der Waals surface area contributed by atoms with Crippen molar-refractivity contribution in [2.75, 3.05) is 13.1 Å². The molecule has 3 fully saturated rings. The van der Waals surface area contributed by atoms with Crippen molar-refractivity contribution in [3.8, 4) is 0 Å². The van der Waals surface area contributed by atoms with Crippen LogP contribution in [0.2, 0.25) is 0 Å². The third-order valence-corrected chi connectivity index (χ3v) is 8.26. The number of hydrogen-bond acceptors (Lipinski definition) is 5. The lowest BCUT2D eigenvalue weighted by atomic mass is 9.87. The molecule has 190 valence electrons. The Morgan fingerprint density at radius 3 is 2.34 bits per heavy atom. The van der Waals surface area contributed by atoms with Crippen LogP contribution >= 0.6 is 0 Å². The highest BCUT2D eigenvalue weighted by Gasteiger charge is 2.31. The number of imide groups is 1. The van der Waals surface area contributed by atoms with Gasteiger partial charge in [-0.25, -0.2) is 4.79 Å². The van der Waals surface area contributed by atoms with Crippen molar-refractivity contribution >= 4 is 29.6 Å². The molecule has 3 heterocycles. The van der Waals surface area contributed by atoms with Gasteiger partial charge >= 0.3 is 5.69 Å². The molecular formula is C27H38N4O4. The van der Waals surface area contributed by atoms with Crippen molar-refractivity contribution < 1.29 is 14.4 Å². The van der Waals surface area contributed by atoms with E-state index in [-0.39, 0.29) is 23.9 Å². The highest BCUT2D eigenvalue weighted by Crippen LogP contribution is 2.29. The lowest BCUT2D eigenvalue weighted by Gasteiger charge is -2.39. The maximum absolute atomic E-state index is 12.9. The van der Waals surface area contributed by atoms with E-state index in [1.807, 2.05) is 12.9 Å². The van der Waals surface area contributed by atoms with Gasteiger partial charge in [0.15, 0.2) is 0 Å². The minimum atomic E-state index is -0.626. The second-order valence-electron chi connectivity index (χ2n) is 10.3. The van der Waals surface area contributed by atoms with Crippen LogP contribution in [0.25, 0.3) is 11.0 Å². The summed E-state index contributed by atoms with van der Waals surface area (Å²) in [5, 5.41) is 2.37. The van der Waals surface area contributed by atoms with Crippen LogP contribution in [-0.4, -0.2) is 51.8 Å². The Labute approximate surface area is 206 Å². The minimum absolute atomic E-state index is 0.202. The molecule has 1 aromatic heterocycles. The van der Waals surface area contributed by atoms with E-state index >= 15 is 0 Å². The maximum Gasteiger partial charge on any atom is 0.329 e. The second kappa shape index (κ2) is 11.3. The average Bonchev–Trinajstić information content (AvgIpc) is 3.14. The van der Waals surface area contributed by atoms with Crippen LogP contribution in [0.5, 0.6) is 0 Å². The summed E-state index contributed by atoms with van der Waals surface area (Å²) in [4.78, 5) is 47.6. The lowest BCUT2D eigenvalue weighted by Crippen LogP contribution is -2.44. The summed E-state index contributed by atoms with van der Waals surface area (Å²) in [5.41, 5.74) is 2.66. The first-order valence-electron chi connectivity index (χ1n) is 13.1. The topological polar surface area (TPSA) is 93.4 Å². The van der Waals surface area contributed by atoms with E-state index in [1.54, 1.807) is 16.2 Å². The van der Waals surface area contributed by atoms with E-state index in [2.05, 4.69) is 22.3 Å². The number of benzene rings is 1. The van der Waals surface area contributed by atoms with Gasteiger partial charge in [-0.3, -0.25) is 24.0 Å². The van der Waals surface area contributed by atoms with Crippen LogP contribution < -0.4 is 11.0 Å². The van der Waals surface area contributed by atoms with Crippen molar-refractivity contribution in [1.29, 1.82) is 0 Å². The van der Waals surface area contributed by atoms with Crippen molar-refractivity contribution in [2.45, 2.75) is 82.7 Å². The molecule has 1 saturated carbocycles. The van der Waals surface area contributed by atoms with Crippen molar-refractivity contribution in [2.24, 2.45) is 13.0 Å². The average molecular weight is 483 g/mol. The van der Waals surface area contributed by atoms with Gasteiger partial charge in [0.25, 0.3) is 0 Å². The number of carbonyl (C=O) groups is 3. The summed E-state index contributed by atoms with van der Waals surface area (Å²) in [6.07, 6.45) is 12.4. The number of likely N-dealkylation sites (tertiary alicyclic amines) is 1. The molecule has 2 saturated heterocycles. The van der Waals surface area contributed by atoms with Gasteiger partial charge in [0, 0.05) is 19.5 Å². The van der Waals surface area contributed by atoms with Crippen LogP contribution in [0, 0.1) is 5.92 Å². The Morgan fingerprint density at radius 1 is 0.943 bits per heavy atom. The molecule has 8 heteroatoms. The third-order valence-electron chi connectivity index (χ3n) is 8.26. The summed E-state index contributed by atoms with van der Waals surface area (Å²) < 4.78 is 3.19. The molecule has 1 unspecified atom stereocenters. The fourth-order valence-electron chi connectivity index (χ4n) is 6.22. The second-order valence-corrected chi connectivity index (χ2v) is 10.3. The SMILES string of the molecule is C=O.Cn1c(=O)n(C2CCC(=O)NC2=O)c2ccc(CCC3CCN(C4CCCCC4)CC3)cc21. The van der Waals surface area contributed by atoms with E-state index in [9.17, 15) is 14.4 Å². The number of piperidine rings is 2. The van der Waals surface area contributed by atoms with Crippen LogP contribution in [0.4, 0.5) is 0 Å².